The maximum absolute atomic E-state index is 12.3. The number of nitrogens with zero attached hydrogens (tertiary/aromatic N) is 2. The highest BCUT2D eigenvalue weighted by Gasteiger charge is 2.12. The quantitative estimate of drug-likeness (QED) is 0.611. The van der Waals surface area contributed by atoms with Crippen LogP contribution in [0.2, 0.25) is 0 Å². The van der Waals surface area contributed by atoms with Gasteiger partial charge in [0, 0.05) is 17.3 Å². The molecule has 0 aliphatic carbocycles. The molecule has 0 radical (unpaired) electrons. The van der Waals surface area contributed by atoms with Gasteiger partial charge in [0.1, 0.15) is 5.65 Å². The maximum Gasteiger partial charge on any atom is 0.256 e. The van der Waals surface area contributed by atoms with Crippen molar-refractivity contribution in [1.82, 2.24) is 9.38 Å². The number of hydrogen-bond donors (Lipinski definition) is 1. The van der Waals surface area contributed by atoms with Gasteiger partial charge in [-0.05, 0) is 30.3 Å². The van der Waals surface area contributed by atoms with Gasteiger partial charge >= 0.3 is 0 Å². The second-order valence-corrected chi connectivity index (χ2v) is 6.00. The highest BCUT2D eigenvalue weighted by atomic mass is 32.1. The highest BCUT2D eigenvalue weighted by Crippen LogP contribution is 2.28. The number of hydrogen-bond acceptors (Lipinski definition) is 3. The third-order valence-corrected chi connectivity index (χ3v) is 4.52. The lowest BCUT2D eigenvalue weighted by atomic mass is 10.2. The number of imidazole rings is 1. The Morgan fingerprint density at radius 2 is 1.91 bits per heavy atom. The van der Waals surface area contributed by atoms with E-state index >= 15 is 0 Å². The molecule has 0 aliphatic heterocycles. The topological polar surface area (TPSA) is 46.4 Å². The van der Waals surface area contributed by atoms with Crippen molar-refractivity contribution < 1.29 is 4.79 Å². The number of para-hydroxylation sites is 1. The van der Waals surface area contributed by atoms with Gasteiger partial charge in [-0.2, -0.15) is 0 Å². The molecule has 112 valence electrons. The molecule has 3 aromatic heterocycles. The molecule has 1 N–H and O–H groups in total. The zero-order chi connectivity index (χ0) is 15.6. The Balaban J connectivity index is 1.63. The molecule has 1 amide bonds. The predicted octanol–water partition coefficient (Wildman–Crippen LogP) is 4.32. The van der Waals surface area contributed by atoms with Crippen molar-refractivity contribution >= 4 is 28.6 Å². The molecule has 0 unspecified atom stereocenters. The molecule has 23 heavy (non-hydrogen) atoms. The van der Waals surface area contributed by atoms with E-state index in [0.29, 0.717) is 5.56 Å². The smallest absolute Gasteiger partial charge is 0.256 e. The van der Waals surface area contributed by atoms with Gasteiger partial charge in [0.05, 0.1) is 22.3 Å². The van der Waals surface area contributed by atoms with E-state index in [9.17, 15) is 4.79 Å². The summed E-state index contributed by atoms with van der Waals surface area (Å²) in [5.74, 6) is -0.104. The Labute approximate surface area is 137 Å². The van der Waals surface area contributed by atoms with Crippen LogP contribution in [0.4, 0.5) is 5.69 Å². The summed E-state index contributed by atoms with van der Waals surface area (Å²) in [6.45, 7) is 0. The van der Waals surface area contributed by atoms with Crippen LogP contribution in [-0.4, -0.2) is 15.3 Å². The largest absolute Gasteiger partial charge is 0.322 e. The molecule has 4 rings (SSSR count). The lowest BCUT2D eigenvalue weighted by Gasteiger charge is -2.02. The van der Waals surface area contributed by atoms with Crippen molar-refractivity contribution in [2.75, 3.05) is 5.32 Å². The standard InChI is InChI=1S/C18H13N3OS/c22-18(20-14-6-2-1-3-7-14)13-10-16(23-12-13)15-11-19-17-8-4-5-9-21(15)17/h1-12H,(H,20,22). The van der Waals surface area contributed by atoms with Crippen LogP contribution in [0, 0.1) is 0 Å². The van der Waals surface area contributed by atoms with Crippen molar-refractivity contribution in [3.05, 3.63) is 77.9 Å². The third-order valence-electron chi connectivity index (χ3n) is 3.56. The minimum Gasteiger partial charge on any atom is -0.322 e. The van der Waals surface area contributed by atoms with E-state index in [1.807, 2.05) is 76.8 Å². The van der Waals surface area contributed by atoms with Crippen LogP contribution >= 0.6 is 11.3 Å². The highest BCUT2D eigenvalue weighted by molar-refractivity contribution is 7.13. The number of amides is 1. The van der Waals surface area contributed by atoms with E-state index in [1.54, 1.807) is 0 Å². The zero-order valence-corrected chi connectivity index (χ0v) is 13.0. The number of carbonyl (C=O) groups excluding carboxylic acids is 1. The summed E-state index contributed by atoms with van der Waals surface area (Å²) in [6, 6.07) is 17.2. The molecule has 4 aromatic rings. The number of anilines is 1. The summed E-state index contributed by atoms with van der Waals surface area (Å²) in [6.07, 6.45) is 3.81. The summed E-state index contributed by atoms with van der Waals surface area (Å²) < 4.78 is 2.02. The van der Waals surface area contributed by atoms with Gasteiger partial charge in [-0.25, -0.2) is 4.98 Å². The van der Waals surface area contributed by atoms with E-state index < -0.39 is 0 Å². The fraction of sp³-hybridized carbons (Fsp3) is 0. The van der Waals surface area contributed by atoms with E-state index in [4.69, 9.17) is 0 Å². The van der Waals surface area contributed by atoms with Gasteiger partial charge in [-0.1, -0.05) is 24.3 Å². The Bertz CT molecular complexity index is 972. The first-order valence-electron chi connectivity index (χ1n) is 7.19. The second kappa shape index (κ2) is 5.70. The minimum atomic E-state index is -0.104. The number of thiophene rings is 1. The Morgan fingerprint density at radius 3 is 2.78 bits per heavy atom. The molecule has 3 heterocycles. The summed E-state index contributed by atoms with van der Waals surface area (Å²) in [7, 11) is 0. The van der Waals surface area contributed by atoms with Crippen molar-refractivity contribution in [3.63, 3.8) is 0 Å². The molecule has 5 heteroatoms. The van der Waals surface area contributed by atoms with E-state index in [-0.39, 0.29) is 5.91 Å². The molecule has 0 spiro atoms. The fourth-order valence-electron chi connectivity index (χ4n) is 2.43. The molecule has 1 aromatic carbocycles. The van der Waals surface area contributed by atoms with Gasteiger partial charge in [0.15, 0.2) is 0 Å². The molecule has 0 saturated heterocycles. The predicted molar refractivity (Wildman–Crippen MR) is 92.9 cm³/mol. The van der Waals surface area contributed by atoms with Crippen LogP contribution in [0.1, 0.15) is 10.4 Å². The third kappa shape index (κ3) is 2.62. The first-order chi connectivity index (χ1) is 11.3. The van der Waals surface area contributed by atoms with Gasteiger partial charge in [0.2, 0.25) is 0 Å². The van der Waals surface area contributed by atoms with Crippen molar-refractivity contribution in [3.8, 4) is 10.6 Å². The number of rotatable bonds is 3. The molecule has 4 nitrogen and oxygen atoms in total. The molecular formula is C18H13N3OS. The molecule has 0 atom stereocenters. The lowest BCUT2D eigenvalue weighted by Crippen LogP contribution is -2.10. The summed E-state index contributed by atoms with van der Waals surface area (Å²) >= 11 is 1.54. The summed E-state index contributed by atoms with van der Waals surface area (Å²) in [5.41, 5.74) is 3.33. The van der Waals surface area contributed by atoms with Gasteiger partial charge in [0.25, 0.3) is 5.91 Å². The van der Waals surface area contributed by atoms with E-state index in [0.717, 1.165) is 21.9 Å². The van der Waals surface area contributed by atoms with Crippen LogP contribution in [0.3, 0.4) is 0 Å². The number of benzene rings is 1. The molecule has 0 fully saturated rings. The van der Waals surface area contributed by atoms with E-state index in [1.165, 1.54) is 11.3 Å². The maximum atomic E-state index is 12.3. The van der Waals surface area contributed by atoms with Crippen molar-refractivity contribution in [2.24, 2.45) is 0 Å². The molecule has 0 saturated carbocycles. The zero-order valence-electron chi connectivity index (χ0n) is 12.1. The summed E-state index contributed by atoms with van der Waals surface area (Å²) in [4.78, 5) is 17.7. The normalized spacial score (nSPS) is 10.8. The Morgan fingerprint density at radius 1 is 1.09 bits per heavy atom. The number of pyridine rings is 1. The first-order valence-corrected chi connectivity index (χ1v) is 8.06. The van der Waals surface area contributed by atoms with Crippen LogP contribution in [0.15, 0.2) is 72.4 Å². The van der Waals surface area contributed by atoms with Crippen molar-refractivity contribution in [1.29, 1.82) is 0 Å². The number of aromatic nitrogens is 2. The SMILES string of the molecule is O=C(Nc1ccccc1)c1csc(-c2cnc3ccccn23)c1. The molecule has 0 aliphatic rings. The van der Waals surface area contributed by atoms with E-state index in [2.05, 4.69) is 10.3 Å². The van der Waals surface area contributed by atoms with Gasteiger partial charge in [-0.15, -0.1) is 11.3 Å². The number of carbonyl (C=O) groups is 1. The van der Waals surface area contributed by atoms with Crippen LogP contribution < -0.4 is 5.32 Å². The van der Waals surface area contributed by atoms with Crippen LogP contribution in [0.5, 0.6) is 0 Å². The minimum absolute atomic E-state index is 0.104. The van der Waals surface area contributed by atoms with Crippen LogP contribution in [0.25, 0.3) is 16.2 Å². The Kier molecular flexibility index (Phi) is 3.40. The van der Waals surface area contributed by atoms with Gasteiger partial charge < -0.3 is 5.32 Å². The molecular weight excluding hydrogens is 306 g/mol. The van der Waals surface area contributed by atoms with Gasteiger partial charge in [-0.3, -0.25) is 9.20 Å². The van der Waals surface area contributed by atoms with Crippen molar-refractivity contribution in [2.45, 2.75) is 0 Å². The van der Waals surface area contributed by atoms with Crippen LogP contribution in [-0.2, 0) is 0 Å². The fourth-order valence-corrected chi connectivity index (χ4v) is 3.32. The summed E-state index contributed by atoms with van der Waals surface area (Å²) in [5, 5.41) is 4.77. The number of fused-ring (bicyclic) bond motifs is 1. The Hall–Kier alpha value is -2.92. The molecule has 0 bridgehead atoms. The monoisotopic (exact) mass is 319 g/mol. The first kappa shape index (κ1) is 13.7. The second-order valence-electron chi connectivity index (χ2n) is 5.09. The average molecular weight is 319 g/mol. The lowest BCUT2D eigenvalue weighted by molar-refractivity contribution is 0.102. The number of nitrogens with one attached hydrogen (secondary N) is 1. The average Bonchev–Trinajstić information content (AvgIpc) is 3.22.